The molecule has 0 aromatic carbocycles. The fraction of sp³-hybridized carbons (Fsp3) is 0.462. The minimum atomic E-state index is -0.152. The van der Waals surface area contributed by atoms with Crippen LogP contribution in [-0.2, 0) is 4.79 Å². The number of nitrogens with zero attached hydrogens (tertiary/aromatic N) is 2. The van der Waals surface area contributed by atoms with Crippen LogP contribution in [0.4, 0.5) is 0 Å². The number of alkyl halides is 1. The minimum Gasteiger partial charge on any atom is -0.352 e. The molecule has 1 aliphatic rings. The molecule has 1 aliphatic heterocycles. The van der Waals surface area contributed by atoms with Crippen LogP contribution in [0.15, 0.2) is 24.5 Å². The van der Waals surface area contributed by atoms with Gasteiger partial charge in [0.1, 0.15) is 5.88 Å². The number of amides is 2. The van der Waals surface area contributed by atoms with Crippen LogP contribution in [0, 0.1) is 0 Å². The first kappa shape index (κ1) is 13.8. The SMILES string of the molecule is O=C(CCl)NC1CCN(C(=O)c2ccncc2)CC1. The van der Waals surface area contributed by atoms with E-state index in [1.807, 2.05) is 0 Å². The molecule has 1 saturated heterocycles. The highest BCUT2D eigenvalue weighted by atomic mass is 35.5. The standard InChI is InChI=1S/C13H16ClN3O2/c14-9-12(18)16-11-3-7-17(8-4-11)13(19)10-1-5-15-6-2-10/h1-2,5-6,11H,3-4,7-9H2,(H,16,18). The molecule has 1 aromatic heterocycles. The van der Waals surface area contributed by atoms with Gasteiger partial charge < -0.3 is 10.2 Å². The van der Waals surface area contributed by atoms with Crippen LogP contribution in [0.1, 0.15) is 23.2 Å². The molecule has 0 spiro atoms. The summed E-state index contributed by atoms with van der Waals surface area (Å²) in [7, 11) is 0. The Kier molecular flexibility index (Phi) is 4.74. The molecule has 0 atom stereocenters. The monoisotopic (exact) mass is 281 g/mol. The van der Waals surface area contributed by atoms with E-state index in [2.05, 4.69) is 10.3 Å². The summed E-state index contributed by atoms with van der Waals surface area (Å²) in [6.45, 7) is 1.29. The van der Waals surface area contributed by atoms with Crippen LogP contribution in [0.5, 0.6) is 0 Å². The highest BCUT2D eigenvalue weighted by Gasteiger charge is 2.24. The van der Waals surface area contributed by atoms with Crippen molar-refractivity contribution in [2.75, 3.05) is 19.0 Å². The number of hydrogen-bond donors (Lipinski definition) is 1. The van der Waals surface area contributed by atoms with Crippen molar-refractivity contribution in [3.8, 4) is 0 Å². The van der Waals surface area contributed by atoms with E-state index in [0.717, 1.165) is 12.8 Å². The molecule has 19 heavy (non-hydrogen) atoms. The van der Waals surface area contributed by atoms with Crippen LogP contribution in [0.25, 0.3) is 0 Å². The van der Waals surface area contributed by atoms with Gasteiger partial charge in [0.05, 0.1) is 0 Å². The van der Waals surface area contributed by atoms with Gasteiger partial charge in [-0.2, -0.15) is 0 Å². The van der Waals surface area contributed by atoms with E-state index in [1.54, 1.807) is 29.4 Å². The molecule has 1 fully saturated rings. The van der Waals surface area contributed by atoms with Crippen LogP contribution in [0.3, 0.4) is 0 Å². The van der Waals surface area contributed by atoms with E-state index < -0.39 is 0 Å². The highest BCUT2D eigenvalue weighted by molar-refractivity contribution is 6.27. The maximum atomic E-state index is 12.2. The lowest BCUT2D eigenvalue weighted by molar-refractivity contribution is -0.119. The molecular formula is C13H16ClN3O2. The van der Waals surface area contributed by atoms with Gasteiger partial charge in [0.25, 0.3) is 5.91 Å². The van der Waals surface area contributed by atoms with Crippen LogP contribution < -0.4 is 5.32 Å². The zero-order valence-corrected chi connectivity index (χ0v) is 11.3. The van der Waals surface area contributed by atoms with E-state index in [9.17, 15) is 9.59 Å². The number of aromatic nitrogens is 1. The molecule has 2 amide bonds. The fourth-order valence-electron chi connectivity index (χ4n) is 2.17. The van der Waals surface area contributed by atoms with Crippen LogP contribution >= 0.6 is 11.6 Å². The van der Waals surface area contributed by atoms with Crippen molar-refractivity contribution in [2.45, 2.75) is 18.9 Å². The predicted octanol–water partition coefficient (Wildman–Crippen LogP) is 1.04. The first-order valence-corrected chi connectivity index (χ1v) is 6.79. The normalized spacial score (nSPS) is 16.2. The van der Waals surface area contributed by atoms with Gasteiger partial charge in [-0.25, -0.2) is 0 Å². The van der Waals surface area contributed by atoms with Crippen molar-refractivity contribution in [3.05, 3.63) is 30.1 Å². The molecule has 0 aliphatic carbocycles. The molecule has 6 heteroatoms. The Balaban J connectivity index is 1.86. The number of hydrogen-bond acceptors (Lipinski definition) is 3. The van der Waals surface area contributed by atoms with Crippen LogP contribution in [0.2, 0.25) is 0 Å². The third-order valence-corrected chi connectivity index (χ3v) is 3.44. The van der Waals surface area contributed by atoms with Crippen molar-refractivity contribution >= 4 is 23.4 Å². The molecule has 2 rings (SSSR count). The molecule has 1 aromatic rings. The van der Waals surface area contributed by atoms with E-state index in [0.29, 0.717) is 18.7 Å². The second kappa shape index (κ2) is 6.52. The first-order valence-electron chi connectivity index (χ1n) is 6.25. The number of carbonyl (C=O) groups is 2. The Morgan fingerprint density at radius 1 is 1.32 bits per heavy atom. The van der Waals surface area contributed by atoms with Gasteiger partial charge >= 0.3 is 0 Å². The van der Waals surface area contributed by atoms with E-state index >= 15 is 0 Å². The third kappa shape index (κ3) is 3.67. The Morgan fingerprint density at radius 2 is 1.95 bits per heavy atom. The summed E-state index contributed by atoms with van der Waals surface area (Å²) >= 11 is 5.45. The van der Waals surface area contributed by atoms with Gasteiger partial charge in [-0.1, -0.05) is 0 Å². The molecule has 0 unspecified atom stereocenters. The summed E-state index contributed by atoms with van der Waals surface area (Å²) < 4.78 is 0. The smallest absolute Gasteiger partial charge is 0.253 e. The molecule has 0 bridgehead atoms. The summed E-state index contributed by atoms with van der Waals surface area (Å²) in [5, 5.41) is 2.85. The van der Waals surface area contributed by atoms with Gasteiger partial charge in [0, 0.05) is 37.1 Å². The summed E-state index contributed by atoms with van der Waals surface area (Å²) in [5.74, 6) is -0.152. The topological polar surface area (TPSA) is 62.3 Å². The lowest BCUT2D eigenvalue weighted by Gasteiger charge is -2.32. The summed E-state index contributed by atoms with van der Waals surface area (Å²) in [4.78, 5) is 29.1. The van der Waals surface area contributed by atoms with Gasteiger partial charge in [-0.15, -0.1) is 11.6 Å². The average Bonchev–Trinajstić information content (AvgIpc) is 2.48. The number of halogens is 1. The van der Waals surface area contributed by atoms with Gasteiger partial charge in [-0.3, -0.25) is 14.6 Å². The number of nitrogens with one attached hydrogen (secondary N) is 1. The Hall–Kier alpha value is -1.62. The van der Waals surface area contributed by atoms with Crippen molar-refractivity contribution in [1.29, 1.82) is 0 Å². The fourth-order valence-corrected chi connectivity index (χ4v) is 2.25. The molecule has 2 heterocycles. The largest absolute Gasteiger partial charge is 0.352 e. The second-order valence-electron chi connectivity index (χ2n) is 4.50. The maximum Gasteiger partial charge on any atom is 0.253 e. The van der Waals surface area contributed by atoms with Crippen molar-refractivity contribution in [3.63, 3.8) is 0 Å². The highest BCUT2D eigenvalue weighted by Crippen LogP contribution is 2.13. The minimum absolute atomic E-state index is 0.0177. The lowest BCUT2D eigenvalue weighted by atomic mass is 10.0. The molecule has 5 nitrogen and oxygen atoms in total. The van der Waals surface area contributed by atoms with Gasteiger partial charge in [0.15, 0.2) is 0 Å². The molecule has 1 N–H and O–H groups in total. The number of likely N-dealkylation sites (tertiary alicyclic amines) is 1. The third-order valence-electron chi connectivity index (χ3n) is 3.20. The number of pyridine rings is 1. The Labute approximate surface area is 117 Å². The summed E-state index contributed by atoms with van der Waals surface area (Å²) in [6, 6.07) is 3.54. The maximum absolute atomic E-state index is 12.2. The molecular weight excluding hydrogens is 266 g/mol. The van der Waals surface area contributed by atoms with Crippen molar-refractivity contribution < 1.29 is 9.59 Å². The summed E-state index contributed by atoms with van der Waals surface area (Å²) in [6.07, 6.45) is 4.75. The van der Waals surface area contributed by atoms with Crippen LogP contribution in [-0.4, -0.2) is 46.7 Å². The Bertz CT molecular complexity index is 444. The zero-order valence-electron chi connectivity index (χ0n) is 10.5. The van der Waals surface area contributed by atoms with E-state index in [-0.39, 0.29) is 23.7 Å². The first-order chi connectivity index (χ1) is 9.20. The molecule has 0 saturated carbocycles. The number of carbonyl (C=O) groups excluding carboxylic acids is 2. The molecule has 102 valence electrons. The zero-order chi connectivity index (χ0) is 13.7. The predicted molar refractivity (Wildman–Crippen MR) is 72.0 cm³/mol. The summed E-state index contributed by atoms with van der Waals surface area (Å²) in [5.41, 5.74) is 0.651. The molecule has 0 radical (unpaired) electrons. The van der Waals surface area contributed by atoms with Crippen molar-refractivity contribution in [2.24, 2.45) is 0 Å². The second-order valence-corrected chi connectivity index (χ2v) is 4.77. The quantitative estimate of drug-likeness (QED) is 0.842. The lowest BCUT2D eigenvalue weighted by Crippen LogP contribution is -2.46. The van der Waals surface area contributed by atoms with Crippen molar-refractivity contribution in [1.82, 2.24) is 15.2 Å². The van der Waals surface area contributed by atoms with E-state index in [1.165, 1.54) is 0 Å². The van der Waals surface area contributed by atoms with Gasteiger partial charge in [-0.05, 0) is 25.0 Å². The van der Waals surface area contributed by atoms with E-state index in [4.69, 9.17) is 11.6 Å². The number of rotatable bonds is 3. The average molecular weight is 282 g/mol. The Morgan fingerprint density at radius 3 is 2.53 bits per heavy atom. The number of piperidine rings is 1. The van der Waals surface area contributed by atoms with Gasteiger partial charge in [0.2, 0.25) is 5.91 Å².